The normalized spacial score (nSPS) is 15.6. The number of aromatic nitrogens is 1. The van der Waals surface area contributed by atoms with Crippen LogP contribution in [0.5, 0.6) is 0 Å². The number of thiazole rings is 1. The Labute approximate surface area is 213 Å². The van der Waals surface area contributed by atoms with Crippen LogP contribution in [0.2, 0.25) is 0 Å². The first-order chi connectivity index (χ1) is 17.4. The second kappa shape index (κ2) is 9.91. The van der Waals surface area contributed by atoms with E-state index in [-0.39, 0.29) is 11.5 Å². The van der Waals surface area contributed by atoms with Gasteiger partial charge in [0.15, 0.2) is 4.80 Å². The average molecular weight is 494 g/mol. The van der Waals surface area contributed by atoms with Gasteiger partial charge in [-0.3, -0.25) is 14.2 Å². The van der Waals surface area contributed by atoms with E-state index in [2.05, 4.69) is 31.3 Å². The van der Waals surface area contributed by atoms with Crippen LogP contribution in [0.4, 0.5) is 5.69 Å². The first kappa shape index (κ1) is 23.7. The third kappa shape index (κ3) is 4.60. The number of nitrogens with one attached hydrogen (secondary N) is 1. The lowest BCUT2D eigenvalue weighted by Gasteiger charge is -2.25. The molecule has 1 aliphatic rings. The van der Waals surface area contributed by atoms with Crippen molar-refractivity contribution < 1.29 is 4.79 Å². The zero-order valence-electron chi connectivity index (χ0n) is 20.4. The molecule has 1 aliphatic heterocycles. The van der Waals surface area contributed by atoms with Crippen molar-refractivity contribution in [3.05, 3.63) is 133 Å². The molecule has 1 unspecified atom stereocenters. The lowest BCUT2D eigenvalue weighted by Crippen LogP contribution is -2.40. The largest absolute Gasteiger partial charge is 0.322 e. The lowest BCUT2D eigenvalue weighted by molar-refractivity contribution is -0.113. The van der Waals surface area contributed by atoms with Crippen molar-refractivity contribution >= 4 is 29.0 Å². The molecule has 36 heavy (non-hydrogen) atoms. The Hall–Kier alpha value is -4.03. The molecule has 1 aromatic heterocycles. The van der Waals surface area contributed by atoms with Gasteiger partial charge in [-0.1, -0.05) is 98.0 Å². The van der Waals surface area contributed by atoms with Crippen molar-refractivity contribution in [2.45, 2.75) is 32.7 Å². The van der Waals surface area contributed by atoms with Crippen molar-refractivity contribution in [2.24, 2.45) is 4.99 Å². The third-order valence-electron chi connectivity index (χ3n) is 6.31. The maximum Gasteiger partial charge on any atom is 0.271 e. The number of para-hydroxylation sites is 1. The topological polar surface area (TPSA) is 63.5 Å². The first-order valence-electron chi connectivity index (χ1n) is 12.0. The standard InChI is InChI=1S/C30H27N3O2S/c1-19(2)22-16-14-21(15-17-22)18-25-29(35)33-27(23-10-6-4-7-11-23)26(20(3)31-30(33)36-25)28(34)32-24-12-8-5-9-13-24/h4-19,27H,1-3H3,(H,32,34)/b25-18+. The molecule has 2 heterocycles. The molecule has 0 bridgehead atoms. The van der Waals surface area contributed by atoms with Gasteiger partial charge in [0.2, 0.25) is 0 Å². The zero-order chi connectivity index (χ0) is 25.2. The number of hydrogen-bond acceptors (Lipinski definition) is 4. The van der Waals surface area contributed by atoms with E-state index in [1.807, 2.05) is 85.8 Å². The van der Waals surface area contributed by atoms with Crippen LogP contribution in [0.15, 0.2) is 106 Å². The van der Waals surface area contributed by atoms with Gasteiger partial charge in [0.1, 0.15) is 0 Å². The van der Waals surface area contributed by atoms with Crippen LogP contribution in [-0.4, -0.2) is 10.5 Å². The summed E-state index contributed by atoms with van der Waals surface area (Å²) in [5, 5.41) is 2.98. The molecule has 6 heteroatoms. The van der Waals surface area contributed by atoms with E-state index in [4.69, 9.17) is 4.99 Å². The summed E-state index contributed by atoms with van der Waals surface area (Å²) in [4.78, 5) is 32.6. The second-order valence-electron chi connectivity index (χ2n) is 9.13. The molecule has 3 aromatic carbocycles. The first-order valence-corrected chi connectivity index (χ1v) is 12.8. The van der Waals surface area contributed by atoms with Gasteiger partial charge in [-0.15, -0.1) is 0 Å². The molecular formula is C30H27N3O2S. The molecule has 1 N–H and O–H groups in total. The number of fused-ring (bicyclic) bond motifs is 1. The number of nitrogens with zero attached hydrogens (tertiary/aromatic N) is 2. The van der Waals surface area contributed by atoms with E-state index >= 15 is 0 Å². The molecule has 4 aromatic rings. The maximum atomic E-state index is 13.7. The Morgan fingerprint density at radius 2 is 1.61 bits per heavy atom. The number of benzene rings is 3. The Morgan fingerprint density at radius 1 is 0.972 bits per heavy atom. The minimum Gasteiger partial charge on any atom is -0.322 e. The Morgan fingerprint density at radius 3 is 2.25 bits per heavy atom. The van der Waals surface area contributed by atoms with E-state index in [0.29, 0.717) is 32.2 Å². The quantitative estimate of drug-likeness (QED) is 0.425. The zero-order valence-corrected chi connectivity index (χ0v) is 21.3. The minimum absolute atomic E-state index is 0.155. The highest BCUT2D eigenvalue weighted by Gasteiger charge is 2.32. The number of carbonyl (C=O) groups is 1. The molecule has 1 amide bonds. The summed E-state index contributed by atoms with van der Waals surface area (Å²) < 4.78 is 2.24. The maximum absolute atomic E-state index is 13.7. The average Bonchev–Trinajstić information content (AvgIpc) is 3.18. The number of anilines is 1. The fourth-order valence-electron chi connectivity index (χ4n) is 4.41. The molecule has 5 nitrogen and oxygen atoms in total. The highest BCUT2D eigenvalue weighted by molar-refractivity contribution is 7.07. The van der Waals surface area contributed by atoms with Gasteiger partial charge in [-0.25, -0.2) is 4.99 Å². The highest BCUT2D eigenvalue weighted by atomic mass is 32.1. The van der Waals surface area contributed by atoms with Crippen LogP contribution in [0, 0.1) is 0 Å². The highest BCUT2D eigenvalue weighted by Crippen LogP contribution is 2.30. The molecule has 180 valence electrons. The van der Waals surface area contributed by atoms with Gasteiger partial charge < -0.3 is 5.32 Å². The fraction of sp³-hybridized carbons (Fsp3) is 0.167. The predicted octanol–water partition coefficient (Wildman–Crippen LogP) is 5.00. The van der Waals surface area contributed by atoms with Gasteiger partial charge in [0.25, 0.3) is 11.5 Å². The molecule has 0 spiro atoms. The van der Waals surface area contributed by atoms with Gasteiger partial charge in [0, 0.05) is 5.69 Å². The van der Waals surface area contributed by atoms with Gasteiger partial charge in [-0.05, 0) is 47.7 Å². The molecule has 0 fully saturated rings. The molecule has 0 aliphatic carbocycles. The summed E-state index contributed by atoms with van der Waals surface area (Å²) in [6.07, 6.45) is 1.90. The minimum atomic E-state index is -0.573. The van der Waals surface area contributed by atoms with E-state index < -0.39 is 6.04 Å². The summed E-state index contributed by atoms with van der Waals surface area (Å²) in [5.74, 6) is 0.175. The number of rotatable bonds is 5. The van der Waals surface area contributed by atoms with E-state index in [1.54, 1.807) is 4.57 Å². The molecule has 0 radical (unpaired) electrons. The van der Waals surface area contributed by atoms with E-state index in [1.165, 1.54) is 16.9 Å². The molecule has 0 saturated heterocycles. The number of amides is 1. The van der Waals surface area contributed by atoms with Crippen LogP contribution in [0.1, 0.15) is 49.4 Å². The molecule has 0 saturated carbocycles. The van der Waals surface area contributed by atoms with Crippen LogP contribution in [0.25, 0.3) is 6.08 Å². The number of carbonyl (C=O) groups excluding carboxylic acids is 1. The number of hydrogen-bond donors (Lipinski definition) is 1. The Balaban J connectivity index is 1.63. The fourth-order valence-corrected chi connectivity index (χ4v) is 5.46. The summed E-state index contributed by atoms with van der Waals surface area (Å²) in [6.45, 7) is 6.15. The van der Waals surface area contributed by atoms with Crippen molar-refractivity contribution in [1.29, 1.82) is 0 Å². The second-order valence-corrected chi connectivity index (χ2v) is 10.1. The van der Waals surface area contributed by atoms with Gasteiger partial charge in [0.05, 0.1) is 21.8 Å². The van der Waals surface area contributed by atoms with Crippen LogP contribution in [-0.2, 0) is 4.79 Å². The van der Waals surface area contributed by atoms with Crippen LogP contribution >= 0.6 is 11.3 Å². The predicted molar refractivity (Wildman–Crippen MR) is 146 cm³/mol. The molecular weight excluding hydrogens is 466 g/mol. The van der Waals surface area contributed by atoms with Gasteiger partial charge >= 0.3 is 0 Å². The molecule has 5 rings (SSSR count). The summed E-state index contributed by atoms with van der Waals surface area (Å²) >= 11 is 1.35. The number of allylic oxidation sites excluding steroid dienone is 1. The SMILES string of the molecule is CC1=C(C(=O)Nc2ccccc2)C(c2ccccc2)n2c(s/c(=C/c3ccc(C(C)C)cc3)c2=O)=N1. The van der Waals surface area contributed by atoms with E-state index in [9.17, 15) is 9.59 Å². The van der Waals surface area contributed by atoms with Crippen molar-refractivity contribution in [3.8, 4) is 0 Å². The Bertz CT molecular complexity index is 1610. The lowest BCUT2D eigenvalue weighted by atomic mass is 9.95. The third-order valence-corrected chi connectivity index (χ3v) is 7.30. The monoisotopic (exact) mass is 493 g/mol. The van der Waals surface area contributed by atoms with Crippen molar-refractivity contribution in [1.82, 2.24) is 4.57 Å². The van der Waals surface area contributed by atoms with E-state index in [0.717, 1.165) is 11.1 Å². The molecule has 1 atom stereocenters. The van der Waals surface area contributed by atoms with Crippen molar-refractivity contribution in [2.75, 3.05) is 5.32 Å². The van der Waals surface area contributed by atoms with Crippen molar-refractivity contribution in [3.63, 3.8) is 0 Å². The summed E-state index contributed by atoms with van der Waals surface area (Å²) in [5.41, 5.74) is 4.67. The summed E-state index contributed by atoms with van der Waals surface area (Å²) in [7, 11) is 0. The summed E-state index contributed by atoms with van der Waals surface area (Å²) in [6, 6.07) is 26.7. The van der Waals surface area contributed by atoms with Crippen LogP contribution in [0.3, 0.4) is 0 Å². The Kier molecular flexibility index (Phi) is 6.53. The smallest absolute Gasteiger partial charge is 0.271 e. The van der Waals surface area contributed by atoms with Gasteiger partial charge in [-0.2, -0.15) is 0 Å². The van der Waals surface area contributed by atoms with Crippen LogP contribution < -0.4 is 20.2 Å².